The van der Waals surface area contributed by atoms with Crippen molar-refractivity contribution in [2.24, 2.45) is 5.92 Å². The highest BCUT2D eigenvalue weighted by Gasteiger charge is 2.24. The van der Waals surface area contributed by atoms with Crippen molar-refractivity contribution >= 4 is 0 Å². The Bertz CT molecular complexity index is 152. The van der Waals surface area contributed by atoms with Crippen molar-refractivity contribution in [1.82, 2.24) is 5.32 Å². The lowest BCUT2D eigenvalue weighted by Gasteiger charge is -2.27. The van der Waals surface area contributed by atoms with Crippen molar-refractivity contribution in [1.29, 1.82) is 0 Å². The number of ether oxygens (including phenoxy) is 1. The van der Waals surface area contributed by atoms with Crippen LogP contribution in [0.4, 0.5) is 0 Å². The molecule has 1 saturated carbocycles. The molecule has 0 aromatic heterocycles. The molecule has 0 saturated heterocycles. The molecule has 1 N–H and O–H groups in total. The van der Waals surface area contributed by atoms with E-state index in [1.165, 1.54) is 19.4 Å². The lowest BCUT2D eigenvalue weighted by Crippen LogP contribution is -2.36. The van der Waals surface area contributed by atoms with Crippen LogP contribution in [-0.4, -0.2) is 25.3 Å². The third-order valence-electron chi connectivity index (χ3n) is 2.80. The summed E-state index contributed by atoms with van der Waals surface area (Å²) in [6.07, 6.45) is 3.93. The maximum Gasteiger partial charge on any atom is 0.0637 e. The largest absolute Gasteiger partial charge is 0.379 e. The van der Waals surface area contributed by atoms with Gasteiger partial charge in [-0.1, -0.05) is 0 Å². The molecule has 0 aromatic carbocycles. The molecule has 0 aliphatic heterocycles. The average Bonchev–Trinajstić information content (AvgIpc) is 2.83. The quantitative estimate of drug-likeness (QED) is 0.685. The molecule has 2 nitrogen and oxygen atoms in total. The van der Waals surface area contributed by atoms with Crippen LogP contribution in [0.2, 0.25) is 0 Å². The average molecular weight is 185 g/mol. The first kappa shape index (κ1) is 11.0. The van der Waals surface area contributed by atoms with Crippen molar-refractivity contribution in [3.63, 3.8) is 0 Å². The summed E-state index contributed by atoms with van der Waals surface area (Å²) >= 11 is 0. The van der Waals surface area contributed by atoms with E-state index >= 15 is 0 Å². The Morgan fingerprint density at radius 3 is 2.54 bits per heavy atom. The third kappa shape index (κ3) is 4.63. The topological polar surface area (TPSA) is 21.3 Å². The highest BCUT2D eigenvalue weighted by atomic mass is 16.5. The zero-order valence-corrected chi connectivity index (χ0v) is 9.39. The van der Waals surface area contributed by atoms with Gasteiger partial charge >= 0.3 is 0 Å². The monoisotopic (exact) mass is 185 g/mol. The van der Waals surface area contributed by atoms with Gasteiger partial charge in [0.2, 0.25) is 0 Å². The highest BCUT2D eigenvalue weighted by Crippen LogP contribution is 2.28. The molecular weight excluding hydrogens is 162 g/mol. The Balaban J connectivity index is 2.11. The van der Waals surface area contributed by atoms with Crippen LogP contribution in [0.3, 0.4) is 0 Å². The first-order valence-electron chi connectivity index (χ1n) is 5.32. The maximum atomic E-state index is 5.39. The molecule has 2 heteroatoms. The standard InChI is InChI=1S/C11H23NO/c1-9(7-11(2,3)13-4)12-8-10-5-6-10/h9-10,12H,5-8H2,1-4H3/t9-/m1/s1. The van der Waals surface area contributed by atoms with E-state index in [4.69, 9.17) is 4.74 Å². The van der Waals surface area contributed by atoms with E-state index in [-0.39, 0.29) is 5.60 Å². The second kappa shape index (κ2) is 4.43. The molecular formula is C11H23NO. The molecule has 78 valence electrons. The predicted molar refractivity (Wildman–Crippen MR) is 55.9 cm³/mol. The van der Waals surface area contributed by atoms with Gasteiger partial charge in [0.05, 0.1) is 5.60 Å². The zero-order valence-electron chi connectivity index (χ0n) is 9.39. The van der Waals surface area contributed by atoms with Gasteiger partial charge in [-0.3, -0.25) is 0 Å². The summed E-state index contributed by atoms with van der Waals surface area (Å²) in [6, 6.07) is 0.565. The van der Waals surface area contributed by atoms with E-state index in [9.17, 15) is 0 Å². The smallest absolute Gasteiger partial charge is 0.0637 e. The van der Waals surface area contributed by atoms with Crippen molar-refractivity contribution < 1.29 is 4.74 Å². The van der Waals surface area contributed by atoms with E-state index in [2.05, 4.69) is 26.1 Å². The molecule has 1 fully saturated rings. The number of nitrogens with one attached hydrogen (secondary N) is 1. The Kier molecular flexibility index (Phi) is 3.74. The van der Waals surface area contributed by atoms with Crippen molar-refractivity contribution in [2.45, 2.75) is 51.7 Å². The highest BCUT2D eigenvalue weighted by molar-refractivity contribution is 4.80. The van der Waals surface area contributed by atoms with Crippen LogP contribution in [0.15, 0.2) is 0 Å². The van der Waals surface area contributed by atoms with Gasteiger partial charge in [-0.15, -0.1) is 0 Å². The number of methoxy groups -OCH3 is 1. The van der Waals surface area contributed by atoms with Crippen LogP contribution in [0.25, 0.3) is 0 Å². The Morgan fingerprint density at radius 1 is 1.46 bits per heavy atom. The minimum atomic E-state index is 0.00989. The van der Waals surface area contributed by atoms with Gasteiger partial charge in [0.15, 0.2) is 0 Å². The molecule has 0 heterocycles. The number of hydrogen-bond donors (Lipinski definition) is 1. The fraction of sp³-hybridized carbons (Fsp3) is 1.00. The molecule has 13 heavy (non-hydrogen) atoms. The molecule has 1 aliphatic carbocycles. The second-order valence-electron chi connectivity index (χ2n) is 4.92. The van der Waals surface area contributed by atoms with Crippen molar-refractivity contribution in [2.75, 3.05) is 13.7 Å². The summed E-state index contributed by atoms with van der Waals surface area (Å²) in [5.74, 6) is 0.966. The Morgan fingerprint density at radius 2 is 2.08 bits per heavy atom. The summed E-state index contributed by atoms with van der Waals surface area (Å²) in [7, 11) is 1.79. The molecule has 0 spiro atoms. The van der Waals surface area contributed by atoms with Gasteiger partial charge in [-0.25, -0.2) is 0 Å². The van der Waals surface area contributed by atoms with Crippen LogP contribution in [0.1, 0.15) is 40.0 Å². The molecule has 1 aliphatic rings. The van der Waals surface area contributed by atoms with Crippen LogP contribution in [-0.2, 0) is 4.74 Å². The van der Waals surface area contributed by atoms with Gasteiger partial charge < -0.3 is 10.1 Å². The van der Waals surface area contributed by atoms with Crippen LogP contribution in [0.5, 0.6) is 0 Å². The SMILES string of the molecule is COC(C)(C)C[C@@H](C)NCC1CC1. The fourth-order valence-electron chi connectivity index (χ4n) is 1.58. The summed E-state index contributed by atoms with van der Waals surface area (Å²) < 4.78 is 5.39. The summed E-state index contributed by atoms with van der Waals surface area (Å²) in [4.78, 5) is 0. The van der Waals surface area contributed by atoms with Crippen molar-refractivity contribution in [3.8, 4) is 0 Å². The Hall–Kier alpha value is -0.0800. The fourth-order valence-corrected chi connectivity index (χ4v) is 1.58. The zero-order chi connectivity index (χ0) is 9.90. The molecule has 0 aromatic rings. The molecule has 0 radical (unpaired) electrons. The normalized spacial score (nSPS) is 20.3. The second-order valence-corrected chi connectivity index (χ2v) is 4.92. The first-order chi connectivity index (χ1) is 6.03. The van der Waals surface area contributed by atoms with E-state index in [0.29, 0.717) is 6.04 Å². The summed E-state index contributed by atoms with van der Waals surface area (Å²) in [5, 5.41) is 3.55. The van der Waals surface area contributed by atoms with Gasteiger partial charge in [0.25, 0.3) is 0 Å². The minimum absolute atomic E-state index is 0.00989. The number of hydrogen-bond acceptors (Lipinski definition) is 2. The first-order valence-corrected chi connectivity index (χ1v) is 5.32. The van der Waals surface area contributed by atoms with E-state index in [0.717, 1.165) is 12.3 Å². The molecule has 1 atom stereocenters. The predicted octanol–water partition coefficient (Wildman–Crippen LogP) is 2.19. The van der Waals surface area contributed by atoms with Gasteiger partial charge in [-0.05, 0) is 52.5 Å². The lowest BCUT2D eigenvalue weighted by molar-refractivity contribution is 0.00853. The van der Waals surface area contributed by atoms with Gasteiger partial charge in [-0.2, -0.15) is 0 Å². The molecule has 1 rings (SSSR count). The van der Waals surface area contributed by atoms with E-state index in [1.54, 1.807) is 7.11 Å². The van der Waals surface area contributed by atoms with E-state index < -0.39 is 0 Å². The summed E-state index contributed by atoms with van der Waals surface area (Å²) in [6.45, 7) is 7.72. The van der Waals surface area contributed by atoms with Crippen LogP contribution in [0, 0.1) is 5.92 Å². The third-order valence-corrected chi connectivity index (χ3v) is 2.80. The van der Waals surface area contributed by atoms with Gasteiger partial charge in [0, 0.05) is 13.2 Å². The van der Waals surface area contributed by atoms with Crippen LogP contribution >= 0.6 is 0 Å². The Labute approximate surface area is 82.0 Å². The van der Waals surface area contributed by atoms with E-state index in [1.807, 2.05) is 0 Å². The van der Waals surface area contributed by atoms with Crippen LogP contribution < -0.4 is 5.32 Å². The van der Waals surface area contributed by atoms with Gasteiger partial charge in [0.1, 0.15) is 0 Å². The van der Waals surface area contributed by atoms with Crippen molar-refractivity contribution in [3.05, 3.63) is 0 Å². The minimum Gasteiger partial charge on any atom is -0.379 e. The molecule has 0 bridgehead atoms. The summed E-state index contributed by atoms with van der Waals surface area (Å²) in [5.41, 5.74) is 0.00989. The maximum absolute atomic E-state index is 5.39. The molecule has 0 unspecified atom stereocenters. The molecule has 0 amide bonds. The lowest BCUT2D eigenvalue weighted by atomic mass is 10.00. The number of rotatable bonds is 6.